The van der Waals surface area contributed by atoms with E-state index < -0.39 is 0 Å². The third-order valence-electron chi connectivity index (χ3n) is 2.95. The van der Waals surface area contributed by atoms with Crippen molar-refractivity contribution >= 4 is 0 Å². The summed E-state index contributed by atoms with van der Waals surface area (Å²) in [6.45, 7) is 3.61. The van der Waals surface area contributed by atoms with E-state index in [0.29, 0.717) is 5.92 Å². The molecule has 2 nitrogen and oxygen atoms in total. The molecule has 1 saturated carbocycles. The van der Waals surface area contributed by atoms with Gasteiger partial charge in [0, 0.05) is 0 Å². The van der Waals surface area contributed by atoms with Gasteiger partial charge in [-0.25, -0.2) is 0 Å². The first-order valence-electron chi connectivity index (χ1n) is 5.22. The number of hydrogen-bond donors (Lipinski definition) is 2. The van der Waals surface area contributed by atoms with Crippen molar-refractivity contribution in [2.75, 3.05) is 0 Å². The van der Waals surface area contributed by atoms with Gasteiger partial charge in [-0.15, -0.1) is 6.58 Å². The van der Waals surface area contributed by atoms with E-state index >= 15 is 0 Å². The van der Waals surface area contributed by atoms with Crippen molar-refractivity contribution in [2.24, 2.45) is 5.92 Å². The lowest BCUT2D eigenvalue weighted by Gasteiger charge is -2.24. The van der Waals surface area contributed by atoms with Gasteiger partial charge >= 0.3 is 0 Å². The molecule has 2 N–H and O–H groups in total. The average molecular weight is 184 g/mol. The Morgan fingerprint density at radius 1 is 1.15 bits per heavy atom. The van der Waals surface area contributed by atoms with Gasteiger partial charge in [-0.05, 0) is 31.6 Å². The first kappa shape index (κ1) is 10.7. The smallest absolute Gasteiger partial charge is 0.0746 e. The van der Waals surface area contributed by atoms with Crippen molar-refractivity contribution in [1.82, 2.24) is 0 Å². The van der Waals surface area contributed by atoms with Crippen molar-refractivity contribution in [2.45, 2.75) is 50.7 Å². The second-order valence-corrected chi connectivity index (χ2v) is 4.00. The van der Waals surface area contributed by atoms with Crippen LogP contribution in [0.5, 0.6) is 0 Å². The van der Waals surface area contributed by atoms with Gasteiger partial charge in [0.2, 0.25) is 0 Å². The molecule has 0 aromatic heterocycles. The largest absolute Gasteiger partial charge is 0.393 e. The Morgan fingerprint density at radius 3 is 2.15 bits per heavy atom. The van der Waals surface area contributed by atoms with E-state index in [0.717, 1.165) is 38.5 Å². The van der Waals surface area contributed by atoms with E-state index in [4.69, 9.17) is 0 Å². The lowest BCUT2D eigenvalue weighted by molar-refractivity contribution is 0.0981. The van der Waals surface area contributed by atoms with Crippen LogP contribution < -0.4 is 0 Å². The van der Waals surface area contributed by atoms with Crippen LogP contribution in [0.3, 0.4) is 0 Å². The van der Waals surface area contributed by atoms with Crippen molar-refractivity contribution in [1.29, 1.82) is 0 Å². The maximum atomic E-state index is 9.58. The average Bonchev–Trinajstić information content (AvgIpc) is 2.10. The summed E-state index contributed by atoms with van der Waals surface area (Å²) in [7, 11) is 0. The molecule has 0 saturated heterocycles. The van der Waals surface area contributed by atoms with Gasteiger partial charge in [-0.1, -0.05) is 18.9 Å². The molecule has 0 spiro atoms. The summed E-state index contributed by atoms with van der Waals surface area (Å²) in [6, 6.07) is 0. The molecular weight excluding hydrogens is 164 g/mol. The molecule has 0 bridgehead atoms. The highest BCUT2D eigenvalue weighted by molar-refractivity contribution is 4.85. The summed E-state index contributed by atoms with van der Waals surface area (Å²) in [5.41, 5.74) is 0. The summed E-state index contributed by atoms with van der Waals surface area (Å²) in [6.07, 6.45) is 7.03. The first-order valence-corrected chi connectivity index (χ1v) is 5.22. The van der Waals surface area contributed by atoms with E-state index in [9.17, 15) is 10.2 Å². The molecule has 1 aliphatic rings. The van der Waals surface area contributed by atoms with Gasteiger partial charge in [0.25, 0.3) is 0 Å². The van der Waals surface area contributed by atoms with Gasteiger partial charge in [0.15, 0.2) is 0 Å². The molecule has 0 amide bonds. The van der Waals surface area contributed by atoms with Crippen LogP contribution in [-0.4, -0.2) is 22.4 Å². The van der Waals surface area contributed by atoms with Crippen LogP contribution in [-0.2, 0) is 0 Å². The Morgan fingerprint density at radius 2 is 1.69 bits per heavy atom. The van der Waals surface area contributed by atoms with E-state index in [1.807, 2.05) is 0 Å². The minimum absolute atomic E-state index is 0.109. The fourth-order valence-corrected chi connectivity index (χ4v) is 2.05. The molecule has 1 unspecified atom stereocenters. The number of aliphatic hydroxyl groups is 2. The fourth-order valence-electron chi connectivity index (χ4n) is 2.05. The molecule has 0 aromatic carbocycles. The second kappa shape index (κ2) is 5.40. The fraction of sp³-hybridized carbons (Fsp3) is 0.818. The molecule has 1 aliphatic carbocycles. The van der Waals surface area contributed by atoms with E-state index in [1.54, 1.807) is 6.08 Å². The summed E-state index contributed by atoms with van der Waals surface area (Å²) >= 11 is 0. The highest BCUT2D eigenvalue weighted by Gasteiger charge is 2.19. The van der Waals surface area contributed by atoms with Crippen molar-refractivity contribution in [3.63, 3.8) is 0 Å². The zero-order chi connectivity index (χ0) is 9.68. The van der Waals surface area contributed by atoms with E-state index in [2.05, 4.69) is 6.58 Å². The van der Waals surface area contributed by atoms with Crippen molar-refractivity contribution in [3.8, 4) is 0 Å². The zero-order valence-corrected chi connectivity index (χ0v) is 8.15. The van der Waals surface area contributed by atoms with Gasteiger partial charge in [-0.3, -0.25) is 0 Å². The monoisotopic (exact) mass is 184 g/mol. The minimum Gasteiger partial charge on any atom is -0.393 e. The quantitative estimate of drug-likeness (QED) is 0.643. The lowest BCUT2D eigenvalue weighted by atomic mass is 9.86. The topological polar surface area (TPSA) is 40.5 Å². The minimum atomic E-state index is -0.352. The predicted octanol–water partition coefficient (Wildman–Crippen LogP) is 1.86. The molecule has 1 rings (SSSR count). The van der Waals surface area contributed by atoms with Crippen molar-refractivity contribution in [3.05, 3.63) is 12.7 Å². The Bertz CT molecular complexity index is 146. The molecule has 2 heteroatoms. The molecule has 13 heavy (non-hydrogen) atoms. The molecule has 76 valence electrons. The standard InChI is InChI=1S/C11H20O2/c1-2-11(13)9-5-3-7-10(12)8-4-6-9/h2,9-13H,1,3-8H2. The molecule has 0 heterocycles. The number of aliphatic hydroxyl groups excluding tert-OH is 2. The Balaban J connectivity index is 2.36. The van der Waals surface area contributed by atoms with Crippen LogP contribution in [0.15, 0.2) is 12.7 Å². The van der Waals surface area contributed by atoms with Crippen LogP contribution in [0.2, 0.25) is 0 Å². The van der Waals surface area contributed by atoms with Crippen LogP contribution >= 0.6 is 0 Å². The van der Waals surface area contributed by atoms with Gasteiger partial charge in [0.05, 0.1) is 12.2 Å². The second-order valence-electron chi connectivity index (χ2n) is 4.00. The van der Waals surface area contributed by atoms with E-state index in [1.165, 1.54) is 0 Å². The van der Waals surface area contributed by atoms with Crippen molar-refractivity contribution < 1.29 is 10.2 Å². The Hall–Kier alpha value is -0.340. The number of rotatable bonds is 2. The maximum absolute atomic E-state index is 9.58. The summed E-state index contributed by atoms with van der Waals surface area (Å²) < 4.78 is 0. The highest BCUT2D eigenvalue weighted by atomic mass is 16.3. The van der Waals surface area contributed by atoms with Gasteiger partial charge in [-0.2, -0.15) is 0 Å². The summed E-state index contributed by atoms with van der Waals surface area (Å²) in [5.74, 6) is 0.366. The van der Waals surface area contributed by atoms with Gasteiger partial charge in [0.1, 0.15) is 0 Å². The molecular formula is C11H20O2. The lowest BCUT2D eigenvalue weighted by Crippen LogP contribution is -2.21. The molecule has 1 atom stereocenters. The van der Waals surface area contributed by atoms with Gasteiger partial charge < -0.3 is 10.2 Å². The summed E-state index contributed by atoms with van der Waals surface area (Å²) in [5, 5.41) is 19.0. The third-order valence-corrected chi connectivity index (χ3v) is 2.95. The van der Waals surface area contributed by atoms with Crippen LogP contribution in [0.4, 0.5) is 0 Å². The highest BCUT2D eigenvalue weighted by Crippen LogP contribution is 2.25. The predicted molar refractivity (Wildman–Crippen MR) is 53.4 cm³/mol. The summed E-state index contributed by atoms with van der Waals surface area (Å²) in [4.78, 5) is 0. The molecule has 0 aromatic rings. The third kappa shape index (κ3) is 3.49. The normalized spacial score (nSPS) is 33.1. The van der Waals surface area contributed by atoms with E-state index in [-0.39, 0.29) is 12.2 Å². The SMILES string of the molecule is C=CC(O)C1CCCC(O)CCC1. The van der Waals surface area contributed by atoms with Crippen LogP contribution in [0, 0.1) is 5.92 Å². The maximum Gasteiger partial charge on any atom is 0.0746 e. The molecule has 0 radical (unpaired) electrons. The molecule has 0 aliphatic heterocycles. The number of hydrogen-bond acceptors (Lipinski definition) is 2. The first-order chi connectivity index (χ1) is 6.24. The Labute approximate surface area is 80.3 Å². The van der Waals surface area contributed by atoms with Crippen LogP contribution in [0.1, 0.15) is 38.5 Å². The van der Waals surface area contributed by atoms with Crippen LogP contribution in [0.25, 0.3) is 0 Å². The zero-order valence-electron chi connectivity index (χ0n) is 8.15. The molecule has 1 fully saturated rings. The Kier molecular flexibility index (Phi) is 4.46.